The summed E-state index contributed by atoms with van der Waals surface area (Å²) < 4.78 is 6.17. The molecule has 1 aromatic carbocycles. The van der Waals surface area contributed by atoms with Crippen molar-refractivity contribution in [2.75, 3.05) is 6.61 Å². The Morgan fingerprint density at radius 3 is 2.95 bits per heavy atom. The van der Waals surface area contributed by atoms with Crippen molar-refractivity contribution >= 4 is 32.8 Å². The number of fused-ring (bicyclic) bond motifs is 2. The fraction of sp³-hybridized carbons (Fsp3) is 0.375. The third kappa shape index (κ3) is 2.33. The highest BCUT2D eigenvalue weighted by molar-refractivity contribution is 9.10. The maximum atomic E-state index is 11.8. The second kappa shape index (κ2) is 5.52. The van der Waals surface area contributed by atoms with Gasteiger partial charge in [-0.25, -0.2) is 4.79 Å². The second-order valence-electron chi connectivity index (χ2n) is 5.01. The molecule has 0 saturated carbocycles. The van der Waals surface area contributed by atoms with E-state index in [0.29, 0.717) is 12.2 Å². The van der Waals surface area contributed by atoms with Gasteiger partial charge in [0.25, 0.3) is 0 Å². The van der Waals surface area contributed by atoms with Gasteiger partial charge in [-0.2, -0.15) is 0 Å². The number of rotatable bonds is 2. The van der Waals surface area contributed by atoms with Gasteiger partial charge in [-0.15, -0.1) is 0 Å². The summed E-state index contributed by atoms with van der Waals surface area (Å²) in [6.45, 7) is 2.20. The standard InChI is InChI=1S/C16H16BrNO2/c1-2-20-16(19)10-7-8-12-14(9-10)18-13-6-4-3-5-11(13)15(12)17/h7-9H,2-6H2,1H3. The quantitative estimate of drug-likeness (QED) is 0.778. The number of carbonyl (C=O) groups excluding carboxylic acids is 1. The van der Waals surface area contributed by atoms with Crippen molar-refractivity contribution in [2.24, 2.45) is 0 Å². The van der Waals surface area contributed by atoms with Crippen LogP contribution in [0.3, 0.4) is 0 Å². The van der Waals surface area contributed by atoms with Crippen molar-refractivity contribution in [1.82, 2.24) is 4.98 Å². The maximum absolute atomic E-state index is 11.8. The van der Waals surface area contributed by atoms with E-state index in [9.17, 15) is 4.79 Å². The minimum Gasteiger partial charge on any atom is -0.462 e. The Kier molecular flexibility index (Phi) is 3.74. The van der Waals surface area contributed by atoms with Crippen LogP contribution in [-0.4, -0.2) is 17.6 Å². The topological polar surface area (TPSA) is 39.2 Å². The minimum absolute atomic E-state index is 0.287. The first kappa shape index (κ1) is 13.6. The van der Waals surface area contributed by atoms with Crippen LogP contribution in [0.25, 0.3) is 10.9 Å². The Morgan fingerprint density at radius 1 is 1.35 bits per heavy atom. The van der Waals surface area contributed by atoms with Crippen molar-refractivity contribution < 1.29 is 9.53 Å². The summed E-state index contributed by atoms with van der Waals surface area (Å²) in [5.41, 5.74) is 3.92. The lowest BCUT2D eigenvalue weighted by Crippen LogP contribution is -2.08. The molecule has 0 unspecified atom stereocenters. The Morgan fingerprint density at radius 2 is 2.15 bits per heavy atom. The molecule has 0 atom stereocenters. The first-order valence-corrected chi connectivity index (χ1v) is 7.78. The Labute approximate surface area is 126 Å². The highest BCUT2D eigenvalue weighted by Gasteiger charge is 2.17. The van der Waals surface area contributed by atoms with E-state index in [-0.39, 0.29) is 5.97 Å². The molecule has 1 aliphatic carbocycles. The third-order valence-electron chi connectivity index (χ3n) is 3.70. The number of hydrogen-bond donors (Lipinski definition) is 0. The molecule has 3 rings (SSSR count). The summed E-state index contributed by atoms with van der Waals surface area (Å²) >= 11 is 3.70. The molecule has 20 heavy (non-hydrogen) atoms. The van der Waals surface area contributed by atoms with Crippen LogP contribution in [0.1, 0.15) is 41.4 Å². The largest absolute Gasteiger partial charge is 0.462 e. The zero-order valence-electron chi connectivity index (χ0n) is 11.4. The molecule has 4 heteroatoms. The number of nitrogens with zero attached hydrogens (tertiary/aromatic N) is 1. The summed E-state index contributed by atoms with van der Waals surface area (Å²) in [7, 11) is 0. The summed E-state index contributed by atoms with van der Waals surface area (Å²) in [6.07, 6.45) is 4.52. The lowest BCUT2D eigenvalue weighted by molar-refractivity contribution is 0.0526. The molecule has 0 spiro atoms. The molecular formula is C16H16BrNO2. The molecular weight excluding hydrogens is 318 g/mol. The van der Waals surface area contributed by atoms with Crippen LogP contribution in [0, 0.1) is 0 Å². The van der Waals surface area contributed by atoms with Crippen molar-refractivity contribution in [3.05, 3.63) is 39.5 Å². The molecule has 0 bridgehead atoms. The van der Waals surface area contributed by atoms with Crippen LogP contribution in [-0.2, 0) is 17.6 Å². The SMILES string of the molecule is CCOC(=O)c1ccc2c(Br)c3c(nc2c1)CCCC3. The summed E-state index contributed by atoms with van der Waals surface area (Å²) in [4.78, 5) is 16.5. The van der Waals surface area contributed by atoms with E-state index in [0.717, 1.165) is 33.9 Å². The summed E-state index contributed by atoms with van der Waals surface area (Å²) in [6, 6.07) is 5.59. The van der Waals surface area contributed by atoms with Crippen LogP contribution in [0.15, 0.2) is 22.7 Å². The van der Waals surface area contributed by atoms with Crippen molar-refractivity contribution in [1.29, 1.82) is 0 Å². The number of aromatic nitrogens is 1. The van der Waals surface area contributed by atoms with E-state index in [1.807, 2.05) is 25.1 Å². The number of esters is 1. The lowest BCUT2D eigenvalue weighted by atomic mass is 9.94. The van der Waals surface area contributed by atoms with Gasteiger partial charge in [0.05, 0.1) is 17.7 Å². The van der Waals surface area contributed by atoms with Gasteiger partial charge in [-0.3, -0.25) is 4.98 Å². The third-order valence-corrected chi connectivity index (χ3v) is 4.61. The normalized spacial score (nSPS) is 14.1. The van der Waals surface area contributed by atoms with Crippen molar-refractivity contribution in [3.63, 3.8) is 0 Å². The zero-order chi connectivity index (χ0) is 14.1. The average Bonchev–Trinajstić information content (AvgIpc) is 2.47. The van der Waals surface area contributed by atoms with E-state index >= 15 is 0 Å². The molecule has 1 aliphatic rings. The van der Waals surface area contributed by atoms with Crippen molar-refractivity contribution in [2.45, 2.75) is 32.6 Å². The predicted molar refractivity (Wildman–Crippen MR) is 82.0 cm³/mol. The van der Waals surface area contributed by atoms with Crippen LogP contribution in [0.2, 0.25) is 0 Å². The van der Waals surface area contributed by atoms with Gasteiger partial charge in [0, 0.05) is 15.6 Å². The predicted octanol–water partition coefficient (Wildman–Crippen LogP) is 4.05. The Balaban J connectivity index is 2.13. The number of ether oxygens (including phenoxy) is 1. The van der Waals surface area contributed by atoms with Crippen LogP contribution in [0.4, 0.5) is 0 Å². The lowest BCUT2D eigenvalue weighted by Gasteiger charge is -2.18. The molecule has 0 radical (unpaired) electrons. The van der Waals surface area contributed by atoms with E-state index in [1.54, 1.807) is 0 Å². The van der Waals surface area contributed by atoms with Gasteiger partial charge in [0.2, 0.25) is 0 Å². The monoisotopic (exact) mass is 333 g/mol. The zero-order valence-corrected chi connectivity index (χ0v) is 13.0. The first-order valence-electron chi connectivity index (χ1n) is 6.99. The molecule has 1 aromatic heterocycles. The maximum Gasteiger partial charge on any atom is 0.338 e. The van der Waals surface area contributed by atoms with Crippen LogP contribution in [0.5, 0.6) is 0 Å². The van der Waals surface area contributed by atoms with Gasteiger partial charge in [-0.1, -0.05) is 6.07 Å². The fourth-order valence-electron chi connectivity index (χ4n) is 2.71. The van der Waals surface area contributed by atoms with Gasteiger partial charge in [-0.05, 0) is 66.2 Å². The number of aryl methyl sites for hydroxylation is 1. The van der Waals surface area contributed by atoms with E-state index in [2.05, 4.69) is 15.9 Å². The molecule has 1 heterocycles. The number of benzene rings is 1. The number of pyridine rings is 1. The highest BCUT2D eigenvalue weighted by Crippen LogP contribution is 2.33. The molecule has 0 saturated heterocycles. The fourth-order valence-corrected chi connectivity index (χ4v) is 3.47. The summed E-state index contributed by atoms with van der Waals surface area (Å²) in [5.74, 6) is -0.287. The molecule has 0 amide bonds. The van der Waals surface area contributed by atoms with Crippen LogP contribution < -0.4 is 0 Å². The van der Waals surface area contributed by atoms with E-state index in [4.69, 9.17) is 9.72 Å². The highest BCUT2D eigenvalue weighted by atomic mass is 79.9. The van der Waals surface area contributed by atoms with Crippen LogP contribution >= 0.6 is 15.9 Å². The minimum atomic E-state index is -0.287. The van der Waals surface area contributed by atoms with Crippen molar-refractivity contribution in [3.8, 4) is 0 Å². The smallest absolute Gasteiger partial charge is 0.338 e. The molecule has 3 nitrogen and oxygen atoms in total. The number of carbonyl (C=O) groups is 1. The molecule has 0 fully saturated rings. The Hall–Kier alpha value is -1.42. The van der Waals surface area contributed by atoms with E-state index in [1.165, 1.54) is 18.4 Å². The molecule has 0 N–H and O–H groups in total. The number of halogens is 1. The number of hydrogen-bond acceptors (Lipinski definition) is 3. The average molecular weight is 334 g/mol. The second-order valence-corrected chi connectivity index (χ2v) is 5.80. The van der Waals surface area contributed by atoms with Gasteiger partial charge in [0.15, 0.2) is 0 Å². The molecule has 2 aromatic rings. The summed E-state index contributed by atoms with van der Waals surface area (Å²) in [5, 5.41) is 1.07. The van der Waals surface area contributed by atoms with E-state index < -0.39 is 0 Å². The van der Waals surface area contributed by atoms with Gasteiger partial charge < -0.3 is 4.74 Å². The Bertz CT molecular complexity index is 682. The van der Waals surface area contributed by atoms with Gasteiger partial charge in [0.1, 0.15) is 0 Å². The first-order chi connectivity index (χ1) is 9.70. The molecule has 104 valence electrons. The van der Waals surface area contributed by atoms with Gasteiger partial charge >= 0.3 is 5.97 Å². The molecule has 0 aliphatic heterocycles.